The maximum atomic E-state index is 12.6. The number of alkyl halides is 1. The summed E-state index contributed by atoms with van der Waals surface area (Å²) in [7, 11) is 0. The fraction of sp³-hybridized carbons (Fsp3) is 0.429. The lowest BCUT2D eigenvalue weighted by Crippen LogP contribution is -2.26. The molecule has 3 nitrogen and oxygen atoms in total. The predicted molar refractivity (Wildman–Crippen MR) is 162 cm³/mol. The normalized spacial score (nSPS) is 17.8. The topological polar surface area (TPSA) is 38.5 Å². The lowest BCUT2D eigenvalue weighted by molar-refractivity contribution is 0.198. The Morgan fingerprint density at radius 3 is 2.59 bits per heavy atom. The zero-order valence-corrected chi connectivity index (χ0v) is 23.6. The van der Waals surface area contributed by atoms with Crippen LogP contribution in [0.4, 0.5) is 10.1 Å². The van der Waals surface area contributed by atoms with E-state index in [0.717, 1.165) is 63.2 Å². The quantitative estimate of drug-likeness (QED) is 0.272. The van der Waals surface area contributed by atoms with E-state index in [1.54, 1.807) is 0 Å². The fourth-order valence-corrected chi connectivity index (χ4v) is 6.19. The first-order chi connectivity index (χ1) is 19.1. The van der Waals surface area contributed by atoms with E-state index >= 15 is 0 Å². The predicted octanol–water partition coefficient (Wildman–Crippen LogP) is 8.03. The van der Waals surface area contributed by atoms with E-state index in [1.807, 2.05) is 6.07 Å². The highest BCUT2D eigenvalue weighted by atomic mass is 19.1. The van der Waals surface area contributed by atoms with E-state index in [-0.39, 0.29) is 12.8 Å². The van der Waals surface area contributed by atoms with Gasteiger partial charge in [-0.15, -0.1) is 0 Å². The number of nitrogens with two attached hydrogens (primary N) is 1. The van der Waals surface area contributed by atoms with Crippen molar-refractivity contribution in [1.82, 2.24) is 4.90 Å². The molecule has 1 heterocycles. The third kappa shape index (κ3) is 6.55. The summed E-state index contributed by atoms with van der Waals surface area (Å²) in [6, 6.07) is 22.1. The van der Waals surface area contributed by atoms with Crippen molar-refractivity contribution in [2.45, 2.75) is 71.3 Å². The molecule has 39 heavy (non-hydrogen) atoms. The third-order valence-corrected chi connectivity index (χ3v) is 8.35. The first-order valence-electron chi connectivity index (χ1n) is 14.8. The van der Waals surface area contributed by atoms with Gasteiger partial charge in [-0.3, -0.25) is 9.29 Å². The van der Waals surface area contributed by atoms with E-state index in [0.29, 0.717) is 6.42 Å². The summed E-state index contributed by atoms with van der Waals surface area (Å²) in [4.78, 5) is 2.31. The van der Waals surface area contributed by atoms with Gasteiger partial charge in [0.1, 0.15) is 11.9 Å². The van der Waals surface area contributed by atoms with Crippen molar-refractivity contribution >= 4 is 16.8 Å². The molecule has 0 saturated carbocycles. The molecule has 0 aromatic heterocycles. The molecule has 3 aromatic carbocycles. The number of nitrogen functional groups attached to an aromatic ring is 1. The molecule has 2 aliphatic rings. The van der Waals surface area contributed by atoms with Crippen LogP contribution in [-0.2, 0) is 12.8 Å². The molecular weight excluding hydrogens is 483 g/mol. The third-order valence-electron chi connectivity index (χ3n) is 8.35. The van der Waals surface area contributed by atoms with Crippen molar-refractivity contribution in [2.75, 3.05) is 32.0 Å². The summed E-state index contributed by atoms with van der Waals surface area (Å²) in [5.41, 5.74) is 17.8. The summed E-state index contributed by atoms with van der Waals surface area (Å²) < 4.78 is 18.9. The number of unbranched alkanes of at least 4 members (excludes halogenated alkanes) is 1. The van der Waals surface area contributed by atoms with Gasteiger partial charge in [-0.05, 0) is 121 Å². The monoisotopic (exact) mass is 526 g/mol. The van der Waals surface area contributed by atoms with Crippen molar-refractivity contribution < 1.29 is 9.13 Å². The number of allylic oxidation sites excluding steroid dienone is 1. The standard InChI is InChI=1S/C35H43FN2O/c1-3-4-7-27-22-29(11-10-25(27)2)33-9-5-8-28-23-30(37)14-17-34(28)35(33)26-12-15-31(16-13-26)39-32-18-21-38(24-32)20-6-19-36/h10-17,22-23,32H,3-9,18-21,24,37H2,1-2H3. The molecule has 0 bridgehead atoms. The van der Waals surface area contributed by atoms with Crippen LogP contribution in [0.1, 0.15) is 78.8 Å². The molecule has 4 heteroatoms. The number of ether oxygens (including phenoxy) is 1. The lowest BCUT2D eigenvalue weighted by atomic mass is 9.86. The molecule has 1 unspecified atom stereocenters. The molecule has 3 aromatic rings. The van der Waals surface area contributed by atoms with Crippen LogP contribution in [0.2, 0.25) is 0 Å². The second-order valence-corrected chi connectivity index (χ2v) is 11.3. The Balaban J connectivity index is 1.49. The number of hydrogen-bond donors (Lipinski definition) is 1. The van der Waals surface area contributed by atoms with E-state index < -0.39 is 0 Å². The van der Waals surface area contributed by atoms with Gasteiger partial charge in [-0.1, -0.05) is 49.7 Å². The molecule has 206 valence electrons. The highest BCUT2D eigenvalue weighted by Crippen LogP contribution is 2.41. The number of anilines is 1. The average molecular weight is 527 g/mol. The minimum atomic E-state index is -0.250. The molecule has 1 aliphatic carbocycles. The molecular formula is C35H43FN2O. The Morgan fingerprint density at radius 1 is 0.974 bits per heavy atom. The minimum absolute atomic E-state index is 0.168. The van der Waals surface area contributed by atoms with E-state index in [4.69, 9.17) is 10.5 Å². The van der Waals surface area contributed by atoms with Crippen LogP contribution in [0.5, 0.6) is 5.75 Å². The molecule has 1 fully saturated rings. The van der Waals surface area contributed by atoms with Crippen molar-refractivity contribution in [3.05, 3.63) is 94.0 Å². The van der Waals surface area contributed by atoms with Crippen LogP contribution < -0.4 is 10.5 Å². The zero-order valence-electron chi connectivity index (χ0n) is 23.6. The van der Waals surface area contributed by atoms with Crippen LogP contribution in [0.25, 0.3) is 11.1 Å². The van der Waals surface area contributed by atoms with Crippen LogP contribution in [-0.4, -0.2) is 37.3 Å². The summed E-state index contributed by atoms with van der Waals surface area (Å²) >= 11 is 0. The van der Waals surface area contributed by atoms with Crippen LogP contribution in [0, 0.1) is 6.92 Å². The van der Waals surface area contributed by atoms with Gasteiger partial charge in [-0.25, -0.2) is 0 Å². The summed E-state index contributed by atoms with van der Waals surface area (Å²) in [5, 5.41) is 0. The Bertz CT molecular complexity index is 1300. The first-order valence-corrected chi connectivity index (χ1v) is 14.8. The smallest absolute Gasteiger partial charge is 0.119 e. The van der Waals surface area contributed by atoms with Gasteiger partial charge < -0.3 is 10.5 Å². The molecule has 0 radical (unpaired) electrons. The van der Waals surface area contributed by atoms with Crippen molar-refractivity contribution in [3.8, 4) is 5.75 Å². The van der Waals surface area contributed by atoms with Gasteiger partial charge in [0.25, 0.3) is 0 Å². The molecule has 2 N–H and O–H groups in total. The Morgan fingerprint density at radius 2 is 1.79 bits per heavy atom. The molecule has 1 aliphatic heterocycles. The number of likely N-dealkylation sites (tertiary alicyclic amines) is 1. The van der Waals surface area contributed by atoms with E-state index in [9.17, 15) is 4.39 Å². The Kier molecular flexibility index (Phi) is 9.03. The Labute approximate surface area is 233 Å². The van der Waals surface area contributed by atoms with Gasteiger partial charge in [-0.2, -0.15) is 0 Å². The highest BCUT2D eigenvalue weighted by molar-refractivity contribution is 6.00. The van der Waals surface area contributed by atoms with Gasteiger partial charge in [0.05, 0.1) is 6.67 Å². The number of nitrogens with zero attached hydrogens (tertiary/aromatic N) is 1. The van der Waals surface area contributed by atoms with E-state index in [1.165, 1.54) is 57.4 Å². The van der Waals surface area contributed by atoms with Gasteiger partial charge in [0.2, 0.25) is 0 Å². The SMILES string of the molecule is CCCCc1cc(C2=C(c3ccc(OC4CCN(CCCF)C4)cc3)c3ccc(N)cc3CCC2)ccc1C. The number of fused-ring (bicyclic) bond motifs is 1. The molecule has 1 atom stereocenters. The number of rotatable bonds is 10. The lowest BCUT2D eigenvalue weighted by Gasteiger charge is -2.19. The maximum Gasteiger partial charge on any atom is 0.119 e. The van der Waals surface area contributed by atoms with Crippen molar-refractivity contribution in [1.29, 1.82) is 0 Å². The number of aryl methyl sites for hydroxylation is 3. The molecule has 0 amide bonds. The zero-order chi connectivity index (χ0) is 27.2. The molecule has 0 spiro atoms. The number of hydrogen-bond acceptors (Lipinski definition) is 3. The maximum absolute atomic E-state index is 12.6. The van der Waals surface area contributed by atoms with Gasteiger partial charge in [0.15, 0.2) is 0 Å². The largest absolute Gasteiger partial charge is 0.489 e. The fourth-order valence-electron chi connectivity index (χ4n) is 6.19. The van der Waals surface area contributed by atoms with Gasteiger partial charge >= 0.3 is 0 Å². The first kappa shape index (κ1) is 27.5. The number of benzene rings is 3. The summed E-state index contributed by atoms with van der Waals surface area (Å²) in [6.07, 6.45) is 8.49. The van der Waals surface area contributed by atoms with Crippen LogP contribution >= 0.6 is 0 Å². The van der Waals surface area contributed by atoms with Crippen LogP contribution in [0.15, 0.2) is 60.7 Å². The Hall–Kier alpha value is -3.11. The van der Waals surface area contributed by atoms with E-state index in [2.05, 4.69) is 73.3 Å². The average Bonchev–Trinajstić information content (AvgIpc) is 3.30. The van der Waals surface area contributed by atoms with Gasteiger partial charge in [0, 0.05) is 25.3 Å². The molecule has 5 rings (SSSR count). The van der Waals surface area contributed by atoms with Crippen molar-refractivity contribution in [3.63, 3.8) is 0 Å². The van der Waals surface area contributed by atoms with Crippen LogP contribution in [0.3, 0.4) is 0 Å². The summed E-state index contributed by atoms with van der Waals surface area (Å²) in [6.45, 7) is 6.92. The second kappa shape index (κ2) is 12.8. The second-order valence-electron chi connectivity index (χ2n) is 11.3. The molecule has 1 saturated heterocycles. The summed E-state index contributed by atoms with van der Waals surface area (Å²) in [5.74, 6) is 0.904. The number of halogens is 1. The highest BCUT2D eigenvalue weighted by Gasteiger charge is 2.24. The minimum Gasteiger partial charge on any atom is -0.489 e. The van der Waals surface area contributed by atoms with Crippen molar-refractivity contribution in [2.24, 2.45) is 0 Å².